The summed E-state index contributed by atoms with van der Waals surface area (Å²) in [6.07, 6.45) is 3.68. The molecule has 1 aromatic rings. The van der Waals surface area contributed by atoms with Gasteiger partial charge in [-0.3, -0.25) is 0 Å². The van der Waals surface area contributed by atoms with E-state index >= 15 is 0 Å². The highest BCUT2D eigenvalue weighted by Gasteiger charge is 2.25. The molecule has 1 fully saturated rings. The number of piperidine rings is 1. The molecule has 2 N–H and O–H groups in total. The minimum absolute atomic E-state index is 0.0886. The first kappa shape index (κ1) is 17.4. The van der Waals surface area contributed by atoms with Gasteiger partial charge in [-0.15, -0.1) is 0 Å². The molecule has 0 aliphatic carbocycles. The largest absolute Gasteiger partial charge is 0.490 e. The van der Waals surface area contributed by atoms with E-state index in [-0.39, 0.29) is 25.4 Å². The molecule has 0 bridgehead atoms. The van der Waals surface area contributed by atoms with Gasteiger partial charge in [0.15, 0.2) is 18.2 Å². The molecule has 1 unspecified atom stereocenters. The van der Waals surface area contributed by atoms with Crippen LogP contribution in [0.15, 0.2) is 24.3 Å². The number of amides is 2. The number of nitrogens with one attached hydrogen (secondary N) is 1. The van der Waals surface area contributed by atoms with Crippen LogP contribution < -0.4 is 14.8 Å². The summed E-state index contributed by atoms with van der Waals surface area (Å²) in [4.78, 5) is 14.1. The summed E-state index contributed by atoms with van der Waals surface area (Å²) < 4.78 is 11.1. The Morgan fingerprint density at radius 3 is 2.74 bits per heavy atom. The van der Waals surface area contributed by atoms with E-state index in [0.717, 1.165) is 25.8 Å². The van der Waals surface area contributed by atoms with Crippen LogP contribution in [0.3, 0.4) is 0 Å². The molecular weight excluding hydrogens is 296 g/mol. The number of aliphatic hydroxyl groups excluding tert-OH is 1. The fourth-order valence-electron chi connectivity index (χ4n) is 2.84. The molecule has 128 valence electrons. The van der Waals surface area contributed by atoms with Crippen molar-refractivity contribution in [2.45, 2.75) is 38.6 Å². The van der Waals surface area contributed by atoms with E-state index < -0.39 is 0 Å². The second kappa shape index (κ2) is 9.25. The van der Waals surface area contributed by atoms with Crippen molar-refractivity contribution in [2.24, 2.45) is 0 Å². The van der Waals surface area contributed by atoms with E-state index in [0.29, 0.717) is 24.5 Å². The Morgan fingerprint density at radius 2 is 2.04 bits per heavy atom. The van der Waals surface area contributed by atoms with Crippen molar-refractivity contribution in [3.05, 3.63) is 24.3 Å². The summed E-state index contributed by atoms with van der Waals surface area (Å²) in [5.41, 5.74) is 0. The summed E-state index contributed by atoms with van der Waals surface area (Å²) in [6.45, 7) is 3.39. The minimum atomic E-state index is -0.142. The van der Waals surface area contributed by atoms with Crippen LogP contribution in [0.1, 0.15) is 32.6 Å². The van der Waals surface area contributed by atoms with Gasteiger partial charge in [-0.2, -0.15) is 0 Å². The normalized spacial score (nSPS) is 17.7. The Labute approximate surface area is 137 Å². The van der Waals surface area contributed by atoms with Gasteiger partial charge in [-0.25, -0.2) is 4.79 Å². The average molecular weight is 322 g/mol. The Hall–Kier alpha value is -1.95. The highest BCUT2D eigenvalue weighted by atomic mass is 16.5. The second-order valence-corrected chi connectivity index (χ2v) is 5.51. The van der Waals surface area contributed by atoms with Crippen LogP contribution in [0.4, 0.5) is 4.79 Å². The van der Waals surface area contributed by atoms with Crippen molar-refractivity contribution < 1.29 is 19.4 Å². The van der Waals surface area contributed by atoms with Crippen LogP contribution in [-0.2, 0) is 0 Å². The third-order valence-electron chi connectivity index (χ3n) is 3.95. The number of benzene rings is 1. The summed E-state index contributed by atoms with van der Waals surface area (Å²) >= 11 is 0. The first-order valence-electron chi connectivity index (χ1n) is 8.26. The molecule has 2 amide bonds. The van der Waals surface area contributed by atoms with Crippen molar-refractivity contribution in [3.63, 3.8) is 0 Å². The van der Waals surface area contributed by atoms with Crippen molar-refractivity contribution >= 4 is 6.03 Å². The maximum atomic E-state index is 12.3. The Kier molecular flexibility index (Phi) is 7.00. The predicted octanol–water partition coefficient (Wildman–Crippen LogP) is 2.37. The van der Waals surface area contributed by atoms with E-state index in [9.17, 15) is 4.79 Å². The summed E-state index contributed by atoms with van der Waals surface area (Å²) in [6, 6.07) is 7.36. The van der Waals surface area contributed by atoms with Gasteiger partial charge in [0.05, 0.1) is 6.61 Å². The van der Waals surface area contributed by atoms with Crippen LogP contribution in [-0.4, -0.2) is 48.6 Å². The average Bonchev–Trinajstić information content (AvgIpc) is 2.57. The molecule has 1 aliphatic heterocycles. The molecule has 1 heterocycles. The Bertz CT molecular complexity index is 493. The smallest absolute Gasteiger partial charge is 0.320 e. The molecule has 6 nitrogen and oxygen atoms in total. The lowest BCUT2D eigenvalue weighted by Gasteiger charge is -2.35. The molecule has 1 atom stereocenters. The number of aliphatic hydroxyl groups is 1. The van der Waals surface area contributed by atoms with Gasteiger partial charge in [0.2, 0.25) is 0 Å². The molecule has 1 aromatic carbocycles. The zero-order chi connectivity index (χ0) is 16.5. The van der Waals surface area contributed by atoms with Gasteiger partial charge in [0, 0.05) is 19.2 Å². The zero-order valence-electron chi connectivity index (χ0n) is 13.7. The highest BCUT2D eigenvalue weighted by molar-refractivity contribution is 5.74. The van der Waals surface area contributed by atoms with Crippen LogP contribution in [0.2, 0.25) is 0 Å². The number of para-hydroxylation sites is 2. The first-order chi connectivity index (χ1) is 11.3. The van der Waals surface area contributed by atoms with Crippen molar-refractivity contribution in [2.75, 3.05) is 26.5 Å². The van der Waals surface area contributed by atoms with Crippen LogP contribution >= 0.6 is 0 Å². The van der Waals surface area contributed by atoms with E-state index in [1.807, 2.05) is 31.2 Å². The second-order valence-electron chi connectivity index (χ2n) is 5.51. The molecule has 0 radical (unpaired) electrons. The summed E-state index contributed by atoms with van der Waals surface area (Å²) in [7, 11) is 0. The molecule has 0 saturated carbocycles. The highest BCUT2D eigenvalue weighted by Crippen LogP contribution is 2.26. The monoisotopic (exact) mass is 322 g/mol. The first-order valence-corrected chi connectivity index (χ1v) is 8.26. The van der Waals surface area contributed by atoms with Gasteiger partial charge in [0.25, 0.3) is 0 Å². The number of carbonyl (C=O) groups is 1. The molecule has 0 aromatic heterocycles. The van der Waals surface area contributed by atoms with Gasteiger partial charge in [0.1, 0.15) is 0 Å². The molecule has 2 rings (SSSR count). The fraction of sp³-hybridized carbons (Fsp3) is 0.588. The van der Waals surface area contributed by atoms with E-state index in [1.165, 1.54) is 0 Å². The molecule has 1 aliphatic rings. The third kappa shape index (κ3) is 5.03. The van der Waals surface area contributed by atoms with Gasteiger partial charge in [-0.1, -0.05) is 12.1 Å². The quantitative estimate of drug-likeness (QED) is 0.756. The number of hydrogen-bond acceptors (Lipinski definition) is 4. The lowest BCUT2D eigenvalue weighted by atomic mass is 10.0. The number of likely N-dealkylation sites (tertiary alicyclic amines) is 1. The summed E-state index contributed by atoms with van der Waals surface area (Å²) in [5, 5.41) is 11.9. The molecule has 23 heavy (non-hydrogen) atoms. The van der Waals surface area contributed by atoms with E-state index in [4.69, 9.17) is 14.6 Å². The Morgan fingerprint density at radius 1 is 1.30 bits per heavy atom. The maximum absolute atomic E-state index is 12.3. The lowest BCUT2D eigenvalue weighted by Crippen LogP contribution is -2.49. The minimum Gasteiger partial charge on any atom is -0.490 e. The van der Waals surface area contributed by atoms with Gasteiger partial charge >= 0.3 is 6.03 Å². The molecule has 1 saturated heterocycles. The van der Waals surface area contributed by atoms with Crippen molar-refractivity contribution in [1.29, 1.82) is 0 Å². The Balaban J connectivity index is 1.84. The molecular formula is C17H26N2O4. The lowest BCUT2D eigenvalue weighted by molar-refractivity contribution is 0.125. The predicted molar refractivity (Wildman–Crippen MR) is 87.7 cm³/mol. The zero-order valence-corrected chi connectivity index (χ0v) is 13.7. The molecule has 0 spiro atoms. The van der Waals surface area contributed by atoms with E-state index in [1.54, 1.807) is 4.90 Å². The number of carbonyl (C=O) groups excluding carboxylic acids is 1. The van der Waals surface area contributed by atoms with Crippen LogP contribution in [0, 0.1) is 0 Å². The maximum Gasteiger partial charge on any atom is 0.320 e. The topological polar surface area (TPSA) is 71.0 Å². The van der Waals surface area contributed by atoms with Crippen molar-refractivity contribution in [1.82, 2.24) is 10.2 Å². The molecule has 6 heteroatoms. The van der Waals surface area contributed by atoms with Crippen LogP contribution in [0.5, 0.6) is 11.5 Å². The number of hydrogen-bond donors (Lipinski definition) is 2. The summed E-state index contributed by atoms with van der Waals surface area (Å²) in [5.74, 6) is 1.28. The van der Waals surface area contributed by atoms with Crippen LogP contribution in [0.25, 0.3) is 0 Å². The number of rotatable bonds is 7. The number of urea groups is 1. The fourth-order valence-corrected chi connectivity index (χ4v) is 2.84. The number of nitrogens with zero attached hydrogens (tertiary/aromatic N) is 1. The SMILES string of the molecule is CCOc1ccccc1OCNC(=O)N1CCCCC1CCO. The van der Waals surface area contributed by atoms with Gasteiger partial charge in [-0.05, 0) is 44.7 Å². The van der Waals surface area contributed by atoms with Crippen molar-refractivity contribution in [3.8, 4) is 11.5 Å². The van der Waals surface area contributed by atoms with Gasteiger partial charge < -0.3 is 24.8 Å². The standard InChI is InChI=1S/C17H26N2O4/c1-2-22-15-8-3-4-9-16(15)23-13-18-17(21)19-11-6-5-7-14(19)10-12-20/h3-4,8-9,14,20H,2,5-7,10-13H2,1H3,(H,18,21). The third-order valence-corrected chi connectivity index (χ3v) is 3.95. The number of ether oxygens (including phenoxy) is 2. The van der Waals surface area contributed by atoms with E-state index in [2.05, 4.69) is 5.32 Å².